The van der Waals surface area contributed by atoms with Crippen LogP contribution in [0.25, 0.3) is 66.4 Å². The zero-order valence-corrected chi connectivity index (χ0v) is 30.3. The monoisotopic (exact) mass is 736 g/mol. The number of rotatable bonds is 8. The molecule has 0 fully saturated rings. The Morgan fingerprint density at radius 2 is 0.839 bits per heavy atom. The molecule has 7 aromatic carbocycles. The van der Waals surface area contributed by atoms with E-state index in [1.54, 1.807) is 87.0 Å². The number of hydrogen-bond acceptors (Lipinski definition) is 8. The van der Waals surface area contributed by atoms with Gasteiger partial charge in [0, 0.05) is 33.0 Å². The molecule has 8 heteroatoms. The molecular formula is C48H32O8. The molecule has 1 aromatic heterocycles. The first-order valence-corrected chi connectivity index (χ1v) is 17.7. The Kier molecular flexibility index (Phi) is 9.52. The Bertz CT molecular complexity index is 2900. The fourth-order valence-electron chi connectivity index (χ4n) is 6.83. The van der Waals surface area contributed by atoms with Crippen molar-refractivity contribution >= 4 is 78.0 Å². The number of ketones is 2. The third-order valence-corrected chi connectivity index (χ3v) is 9.64. The van der Waals surface area contributed by atoms with Crippen molar-refractivity contribution in [3.8, 4) is 11.5 Å². The molecule has 272 valence electrons. The molecule has 0 atom stereocenters. The number of allylic oxidation sites excluding steroid dienone is 2. The number of hydrogen-bond donors (Lipinski definition) is 0. The van der Waals surface area contributed by atoms with Gasteiger partial charge in [-0.2, -0.15) is 0 Å². The van der Waals surface area contributed by atoms with Gasteiger partial charge in [-0.25, -0.2) is 9.59 Å². The van der Waals surface area contributed by atoms with Gasteiger partial charge in [0.05, 0.1) is 25.0 Å². The van der Waals surface area contributed by atoms with Gasteiger partial charge in [0.2, 0.25) is 0 Å². The summed E-state index contributed by atoms with van der Waals surface area (Å²) in [7, 11) is 3.11. The van der Waals surface area contributed by atoms with E-state index in [0.717, 1.165) is 10.8 Å². The predicted molar refractivity (Wildman–Crippen MR) is 221 cm³/mol. The number of methoxy groups -OCH3 is 2. The number of benzene rings is 7. The summed E-state index contributed by atoms with van der Waals surface area (Å²) in [5.41, 5.74) is 0.498. The van der Waals surface area contributed by atoms with Gasteiger partial charge in [0.1, 0.15) is 22.7 Å². The maximum atomic E-state index is 14.1. The lowest BCUT2D eigenvalue weighted by Crippen LogP contribution is -2.04. The normalized spacial score (nSPS) is 11.5. The third kappa shape index (κ3) is 6.71. The van der Waals surface area contributed by atoms with Crippen molar-refractivity contribution in [2.24, 2.45) is 0 Å². The van der Waals surface area contributed by atoms with E-state index >= 15 is 0 Å². The van der Waals surface area contributed by atoms with Gasteiger partial charge in [-0.3, -0.25) is 9.59 Å². The van der Waals surface area contributed by atoms with E-state index in [2.05, 4.69) is 0 Å². The smallest absolute Gasteiger partial charge is 0.344 e. The van der Waals surface area contributed by atoms with E-state index in [4.69, 9.17) is 18.3 Å². The molecule has 0 spiro atoms. The van der Waals surface area contributed by atoms with E-state index in [0.29, 0.717) is 55.3 Å². The average Bonchev–Trinajstić information content (AvgIpc) is 3.24. The van der Waals surface area contributed by atoms with Crippen LogP contribution in [0.2, 0.25) is 0 Å². The molecule has 8 rings (SSSR count). The zero-order chi connectivity index (χ0) is 38.8. The van der Waals surface area contributed by atoms with Gasteiger partial charge in [0.15, 0.2) is 11.6 Å². The lowest BCUT2D eigenvalue weighted by molar-refractivity contribution is 0.103. The van der Waals surface area contributed by atoms with Crippen molar-refractivity contribution in [1.82, 2.24) is 0 Å². The number of fused-ring (bicyclic) bond motifs is 8. The van der Waals surface area contributed by atoms with Crippen LogP contribution in [-0.4, -0.2) is 25.8 Å². The minimum atomic E-state index is -0.779. The summed E-state index contributed by atoms with van der Waals surface area (Å²) in [6.07, 6.45) is 6.09. The highest BCUT2D eigenvalue weighted by atomic mass is 16.5. The quantitative estimate of drug-likeness (QED) is 0.112. The van der Waals surface area contributed by atoms with Crippen LogP contribution in [0.5, 0.6) is 11.5 Å². The van der Waals surface area contributed by atoms with Crippen LogP contribution in [0.3, 0.4) is 0 Å². The number of carbonyl (C=O) groups is 2. The topological polar surface area (TPSA) is 113 Å². The van der Waals surface area contributed by atoms with Crippen LogP contribution in [0.4, 0.5) is 0 Å². The largest absolute Gasteiger partial charge is 0.497 e. The first kappa shape index (κ1) is 35.4. The van der Waals surface area contributed by atoms with E-state index in [-0.39, 0.29) is 33.5 Å². The SMILES string of the molecule is COc1ccc(C(=O)/C=C\c2cc3ccccc3c3c2oc(=O)c2ccccc2c(=O)oc2c(/C=C\C(=O)c4ccc(OC)cc4)cc4ccccc4c23)cc1. The summed E-state index contributed by atoms with van der Waals surface area (Å²) < 4.78 is 23.2. The highest BCUT2D eigenvalue weighted by molar-refractivity contribution is 6.27. The van der Waals surface area contributed by atoms with Crippen LogP contribution in [0.1, 0.15) is 31.8 Å². The summed E-state index contributed by atoms with van der Waals surface area (Å²) in [6.45, 7) is 0. The van der Waals surface area contributed by atoms with Crippen molar-refractivity contribution in [3.05, 3.63) is 189 Å². The minimum Gasteiger partial charge on any atom is -0.497 e. The first-order valence-electron chi connectivity index (χ1n) is 17.7. The molecule has 56 heavy (non-hydrogen) atoms. The second-order valence-electron chi connectivity index (χ2n) is 13.0. The molecule has 8 aromatic rings. The maximum Gasteiger partial charge on any atom is 0.344 e. The second-order valence-corrected chi connectivity index (χ2v) is 13.0. The molecule has 8 nitrogen and oxygen atoms in total. The second kappa shape index (κ2) is 15.0. The highest BCUT2D eigenvalue weighted by Gasteiger charge is 2.17. The molecule has 0 aliphatic rings. The van der Waals surface area contributed by atoms with E-state index in [9.17, 15) is 19.2 Å². The van der Waals surface area contributed by atoms with Gasteiger partial charge in [-0.05, 0) is 119 Å². The molecule has 0 saturated heterocycles. The van der Waals surface area contributed by atoms with Crippen molar-refractivity contribution in [1.29, 1.82) is 0 Å². The van der Waals surface area contributed by atoms with E-state index in [1.807, 2.05) is 60.7 Å². The lowest BCUT2D eigenvalue weighted by atomic mass is 9.94. The Morgan fingerprint density at radius 1 is 0.482 bits per heavy atom. The Hall–Kier alpha value is -7.58. The lowest BCUT2D eigenvalue weighted by Gasteiger charge is -2.11. The van der Waals surface area contributed by atoms with E-state index < -0.39 is 11.3 Å². The molecule has 0 unspecified atom stereocenters. The third-order valence-electron chi connectivity index (χ3n) is 9.64. The van der Waals surface area contributed by atoms with Crippen LogP contribution in [0.15, 0.2) is 164 Å². The molecule has 0 N–H and O–H groups in total. The van der Waals surface area contributed by atoms with Crippen molar-refractivity contribution < 1.29 is 27.9 Å². The molecule has 0 radical (unpaired) electrons. The summed E-state index contributed by atoms with van der Waals surface area (Å²) in [5, 5.41) is 3.85. The zero-order valence-electron chi connectivity index (χ0n) is 30.3. The summed E-state index contributed by atoms with van der Waals surface area (Å²) in [6, 6.07) is 38.6. The molecule has 0 aliphatic heterocycles. The Morgan fingerprint density at radius 3 is 1.21 bits per heavy atom. The molecule has 1 heterocycles. The van der Waals surface area contributed by atoms with E-state index in [1.165, 1.54) is 24.3 Å². The van der Waals surface area contributed by atoms with Crippen LogP contribution in [-0.2, 0) is 0 Å². The maximum absolute atomic E-state index is 14.1. The summed E-state index contributed by atoms with van der Waals surface area (Å²) in [4.78, 5) is 55.3. The molecular weight excluding hydrogens is 705 g/mol. The standard InChI is InChI=1S/C48H32O8/c1-53-35-21-15-29(16-22-35)41(49)25-19-33-27-31-9-3-5-11-37(31)43-44-38-12-6-4-10-32(38)28-34(20-26-42(50)30-17-23-36(54-2)24-18-30)46(44)56-48(52)40-14-8-7-13-39(40)47(51)55-45(33)43/h3-28H,1-2H3/b25-19-,26-20-. The Labute approximate surface area is 319 Å². The van der Waals surface area contributed by atoms with Gasteiger partial charge in [-0.1, -0.05) is 60.7 Å². The van der Waals surface area contributed by atoms with Crippen LogP contribution in [0, 0.1) is 0 Å². The van der Waals surface area contributed by atoms with Gasteiger partial charge < -0.3 is 18.3 Å². The number of carbonyl (C=O) groups excluding carboxylic acids is 2. The summed E-state index contributed by atoms with van der Waals surface area (Å²) >= 11 is 0. The van der Waals surface area contributed by atoms with Crippen LogP contribution >= 0.6 is 0 Å². The summed E-state index contributed by atoms with van der Waals surface area (Å²) in [5.74, 6) is 0.678. The van der Waals surface area contributed by atoms with Gasteiger partial charge in [-0.15, -0.1) is 0 Å². The van der Waals surface area contributed by atoms with Crippen molar-refractivity contribution in [2.45, 2.75) is 0 Å². The minimum absolute atomic E-state index is 0.00291. The van der Waals surface area contributed by atoms with Crippen LogP contribution < -0.4 is 20.7 Å². The number of ether oxygens (including phenoxy) is 2. The molecule has 0 aliphatic carbocycles. The Balaban J connectivity index is 1.52. The average molecular weight is 737 g/mol. The highest BCUT2D eigenvalue weighted by Crippen LogP contribution is 2.38. The van der Waals surface area contributed by atoms with Gasteiger partial charge >= 0.3 is 11.3 Å². The fraction of sp³-hybridized carbons (Fsp3) is 0.0417. The van der Waals surface area contributed by atoms with Gasteiger partial charge in [0.25, 0.3) is 0 Å². The first-order chi connectivity index (χ1) is 27.3. The van der Waals surface area contributed by atoms with Crippen molar-refractivity contribution in [2.75, 3.05) is 14.2 Å². The fourth-order valence-corrected chi connectivity index (χ4v) is 6.83. The molecule has 0 bridgehead atoms. The van der Waals surface area contributed by atoms with Crippen molar-refractivity contribution in [3.63, 3.8) is 0 Å². The molecule has 0 saturated carbocycles. The molecule has 0 amide bonds. The predicted octanol–water partition coefficient (Wildman–Crippen LogP) is 10.3.